The minimum atomic E-state index is -0.460. The zero-order valence-electron chi connectivity index (χ0n) is 20.8. The molecule has 0 unspecified atom stereocenters. The first-order chi connectivity index (χ1) is 17.7. The highest BCUT2D eigenvalue weighted by molar-refractivity contribution is 7.99. The molecule has 0 bridgehead atoms. The third kappa shape index (κ3) is 4.01. The molecule has 3 aromatic carbocycles. The Morgan fingerprint density at radius 3 is 2.70 bits per heavy atom. The maximum absolute atomic E-state index is 13.7. The number of hydrogen-bond donors (Lipinski definition) is 1. The molecule has 7 nitrogen and oxygen atoms in total. The van der Waals surface area contributed by atoms with Gasteiger partial charge >= 0.3 is 0 Å². The summed E-state index contributed by atoms with van der Waals surface area (Å²) >= 11 is 1.26. The van der Waals surface area contributed by atoms with Crippen LogP contribution in [0.1, 0.15) is 43.9 Å². The molecule has 4 aromatic rings. The number of carbonyl (C=O) groups excluding carboxylic acids is 1. The van der Waals surface area contributed by atoms with Crippen LogP contribution < -0.4 is 5.32 Å². The lowest BCUT2D eigenvalue weighted by Gasteiger charge is -2.40. The second-order valence-electron chi connectivity index (χ2n) is 10.5. The van der Waals surface area contributed by atoms with Gasteiger partial charge in [-0.1, -0.05) is 50.2 Å². The van der Waals surface area contributed by atoms with Gasteiger partial charge in [-0.3, -0.25) is 14.9 Å². The van der Waals surface area contributed by atoms with Gasteiger partial charge in [0, 0.05) is 48.8 Å². The van der Waals surface area contributed by atoms with E-state index in [0.717, 1.165) is 39.6 Å². The van der Waals surface area contributed by atoms with Crippen LogP contribution in [0.15, 0.2) is 82.6 Å². The lowest BCUT2D eigenvalue weighted by molar-refractivity contribution is -0.387. The third-order valence-electron chi connectivity index (χ3n) is 7.23. The summed E-state index contributed by atoms with van der Waals surface area (Å²) in [4.78, 5) is 30.2. The van der Waals surface area contributed by atoms with Crippen LogP contribution in [-0.2, 0) is 11.8 Å². The van der Waals surface area contributed by atoms with Gasteiger partial charge in [-0.15, -0.1) is 0 Å². The molecule has 8 heteroatoms. The van der Waals surface area contributed by atoms with Crippen LogP contribution in [-0.4, -0.2) is 20.3 Å². The van der Waals surface area contributed by atoms with E-state index in [0.29, 0.717) is 22.0 Å². The van der Waals surface area contributed by atoms with Gasteiger partial charge in [-0.2, -0.15) is 0 Å². The van der Waals surface area contributed by atoms with Crippen molar-refractivity contribution in [3.05, 3.63) is 93.8 Å². The minimum Gasteiger partial charge on any atom is -0.373 e. The van der Waals surface area contributed by atoms with Gasteiger partial charge in [0.1, 0.15) is 0 Å². The number of Topliss-reactive ketones (excluding diaryl/α,β-unsaturated/α-hetero) is 1. The molecule has 186 valence electrons. The quantitative estimate of drug-likeness (QED) is 0.236. The fourth-order valence-corrected chi connectivity index (χ4v) is 6.47. The summed E-state index contributed by atoms with van der Waals surface area (Å²) in [5.41, 5.74) is 4.33. The fraction of sp³-hybridized carbons (Fsp3) is 0.241. The maximum Gasteiger partial charge on any atom is 0.283 e. The number of fused-ring (bicyclic) bond motifs is 4. The number of rotatable bonds is 4. The summed E-state index contributed by atoms with van der Waals surface area (Å²) in [5, 5.41) is 18.6. The monoisotopic (exact) mass is 510 g/mol. The number of nitro benzene ring substituents is 1. The average Bonchev–Trinajstić information content (AvgIpc) is 3.26. The van der Waals surface area contributed by atoms with Crippen molar-refractivity contribution < 1.29 is 9.72 Å². The van der Waals surface area contributed by atoms with Crippen LogP contribution in [0.2, 0.25) is 0 Å². The van der Waals surface area contributed by atoms with E-state index in [9.17, 15) is 14.9 Å². The first-order valence-electron chi connectivity index (χ1n) is 12.2. The van der Waals surface area contributed by atoms with Gasteiger partial charge in [-0.05, 0) is 57.6 Å². The van der Waals surface area contributed by atoms with Gasteiger partial charge in [0.05, 0.1) is 15.9 Å². The first-order valence-corrected chi connectivity index (χ1v) is 13.0. The lowest BCUT2D eigenvalue weighted by Crippen LogP contribution is -2.33. The molecule has 0 amide bonds. The number of ketones is 1. The number of aromatic nitrogens is 2. The number of allylic oxidation sites excluding steroid dienone is 1. The number of aryl methyl sites for hydroxylation is 1. The van der Waals surface area contributed by atoms with Crippen LogP contribution in [0.4, 0.5) is 11.4 Å². The van der Waals surface area contributed by atoms with Gasteiger partial charge in [0.25, 0.3) is 5.69 Å². The number of carbonyl (C=O) groups is 1. The van der Waals surface area contributed by atoms with Crippen molar-refractivity contribution in [1.29, 1.82) is 0 Å². The number of nitrogens with one attached hydrogen (secondary N) is 1. The number of benzene rings is 3. The van der Waals surface area contributed by atoms with Gasteiger partial charge in [0.15, 0.2) is 10.9 Å². The highest BCUT2D eigenvalue weighted by Crippen LogP contribution is 2.52. The molecule has 2 aliphatic rings. The molecule has 1 aromatic heterocycles. The molecule has 1 atom stereocenters. The largest absolute Gasteiger partial charge is 0.373 e. The van der Waals surface area contributed by atoms with Crippen molar-refractivity contribution in [2.45, 2.75) is 42.8 Å². The summed E-state index contributed by atoms with van der Waals surface area (Å²) in [6.07, 6.45) is 4.68. The van der Waals surface area contributed by atoms with Gasteiger partial charge in [-0.25, -0.2) is 4.98 Å². The number of nitrogens with zero attached hydrogens (tertiary/aromatic N) is 3. The third-order valence-corrected chi connectivity index (χ3v) is 8.37. The molecule has 0 fully saturated rings. The normalized spacial score (nSPS) is 18.4. The molecule has 1 aliphatic carbocycles. The van der Waals surface area contributed by atoms with Crippen molar-refractivity contribution >= 4 is 45.3 Å². The van der Waals surface area contributed by atoms with E-state index in [-0.39, 0.29) is 21.8 Å². The molecular weight excluding hydrogens is 484 g/mol. The maximum atomic E-state index is 13.7. The predicted octanol–water partition coefficient (Wildman–Crippen LogP) is 6.94. The molecular formula is C29H26N4O3S. The Balaban J connectivity index is 1.51. The Kier molecular flexibility index (Phi) is 5.45. The van der Waals surface area contributed by atoms with Crippen LogP contribution in [0, 0.1) is 15.5 Å². The average molecular weight is 511 g/mol. The standard InChI is InChI=1S/C29H26N4O3S/c1-29(2)15-20-25-19-7-5-4-6-17(19)8-10-21(25)31-27(26(20)23(34)16-29)18-9-11-24(22(14-18)33(35)36)37-28-30-12-13-32(28)3/h4-14,27,31H,15-16H2,1-3H3/t27-/m0/s1. The van der Waals surface area contributed by atoms with E-state index in [1.807, 2.05) is 29.8 Å². The molecule has 1 aliphatic heterocycles. The SMILES string of the molecule is Cn1ccnc1Sc1ccc([C@@H]2Nc3ccc4ccccc4c3C3=C2C(=O)CC(C)(C)C3)cc1[N+](=O)[O-]. The van der Waals surface area contributed by atoms with Crippen LogP contribution in [0.5, 0.6) is 0 Å². The van der Waals surface area contributed by atoms with Crippen molar-refractivity contribution in [2.75, 3.05) is 5.32 Å². The Morgan fingerprint density at radius 1 is 1.14 bits per heavy atom. The molecule has 6 rings (SSSR count). The molecule has 0 saturated heterocycles. The molecule has 0 spiro atoms. The zero-order valence-corrected chi connectivity index (χ0v) is 21.6. The van der Waals surface area contributed by atoms with Gasteiger partial charge < -0.3 is 9.88 Å². The van der Waals surface area contributed by atoms with E-state index in [2.05, 4.69) is 48.4 Å². The zero-order chi connectivity index (χ0) is 25.9. The predicted molar refractivity (Wildman–Crippen MR) is 146 cm³/mol. The van der Waals surface area contributed by atoms with Crippen molar-refractivity contribution in [3.63, 3.8) is 0 Å². The van der Waals surface area contributed by atoms with Crippen molar-refractivity contribution in [1.82, 2.24) is 9.55 Å². The van der Waals surface area contributed by atoms with Crippen LogP contribution in [0.25, 0.3) is 16.3 Å². The lowest BCUT2D eigenvalue weighted by atomic mass is 9.68. The topological polar surface area (TPSA) is 90.1 Å². The molecule has 0 radical (unpaired) electrons. The van der Waals surface area contributed by atoms with E-state index < -0.39 is 6.04 Å². The Hall–Kier alpha value is -3.91. The van der Waals surface area contributed by atoms with Crippen molar-refractivity contribution in [3.8, 4) is 0 Å². The highest BCUT2D eigenvalue weighted by Gasteiger charge is 2.41. The summed E-state index contributed by atoms with van der Waals surface area (Å²) < 4.78 is 1.83. The molecule has 2 heterocycles. The number of nitro groups is 1. The Labute approximate surface area is 218 Å². The van der Waals surface area contributed by atoms with E-state index >= 15 is 0 Å². The van der Waals surface area contributed by atoms with Crippen molar-refractivity contribution in [2.24, 2.45) is 12.5 Å². The second kappa shape index (κ2) is 8.59. The molecule has 0 saturated carbocycles. The number of hydrogen-bond acceptors (Lipinski definition) is 6. The van der Waals surface area contributed by atoms with E-state index in [1.54, 1.807) is 24.5 Å². The molecule has 1 N–H and O–H groups in total. The summed E-state index contributed by atoms with van der Waals surface area (Å²) in [5.74, 6) is 0.0939. The molecule has 37 heavy (non-hydrogen) atoms. The van der Waals surface area contributed by atoms with E-state index in [1.165, 1.54) is 11.8 Å². The second-order valence-corrected chi connectivity index (χ2v) is 11.5. The van der Waals surface area contributed by atoms with E-state index in [4.69, 9.17) is 0 Å². The smallest absolute Gasteiger partial charge is 0.283 e. The summed E-state index contributed by atoms with van der Waals surface area (Å²) in [6, 6.07) is 17.1. The van der Waals surface area contributed by atoms with Crippen LogP contribution >= 0.6 is 11.8 Å². The van der Waals surface area contributed by atoms with Gasteiger partial charge in [0.2, 0.25) is 0 Å². The van der Waals surface area contributed by atoms with Crippen LogP contribution in [0.3, 0.4) is 0 Å². The first kappa shape index (κ1) is 23.5. The fourth-order valence-electron chi connectivity index (χ4n) is 5.58. The number of imidazole rings is 1. The Bertz CT molecular complexity index is 1640. The Morgan fingerprint density at radius 2 is 1.95 bits per heavy atom. The minimum absolute atomic E-state index is 0.00217. The summed E-state index contributed by atoms with van der Waals surface area (Å²) in [6.45, 7) is 4.26. The number of anilines is 1. The highest BCUT2D eigenvalue weighted by atomic mass is 32.2. The summed E-state index contributed by atoms with van der Waals surface area (Å²) in [7, 11) is 1.85.